The molecule has 3 nitrogen and oxygen atoms in total. The summed E-state index contributed by atoms with van der Waals surface area (Å²) >= 11 is 0. The molecular formula is C140H90O3. The molecule has 0 saturated heterocycles. The summed E-state index contributed by atoms with van der Waals surface area (Å²) in [5.41, 5.74) is -27.7. The van der Waals surface area contributed by atoms with Crippen LogP contribution in [0.1, 0.15) is 169 Å². The van der Waals surface area contributed by atoms with Gasteiger partial charge in [-0.05, 0) is 313 Å². The van der Waals surface area contributed by atoms with Gasteiger partial charge in [0.2, 0.25) is 0 Å². The van der Waals surface area contributed by atoms with E-state index in [1.807, 2.05) is 0 Å². The lowest BCUT2D eigenvalue weighted by Crippen LogP contribution is -2.16. The summed E-state index contributed by atoms with van der Waals surface area (Å²) < 4.78 is 808. The van der Waals surface area contributed by atoms with Crippen LogP contribution in [0.5, 0.6) is 0 Å². The minimum Gasteiger partial charge on any atom is -0.456 e. The largest absolute Gasteiger partial charge is 0.456 e. The average molecular weight is 1910 g/mol. The first-order valence-electron chi connectivity index (χ1n) is 86.2. The standard InChI is InChI=1S/C50H30O.2C45H30O/c1-2-11-31(12-3-1)34-23-25-38-35(27-34)21-22-36-28-37(24-26-39(36)38)48-40-15-6-8-17-42(40)49(43-18-9-7-16-41(43)48)44-19-10-20-46-50(44)45-29-32-13-4-5-14-33(32)30-47(45)51-46;1-45(2)38-23-10-9-15-29(38)34-20-11-22-36(44(34)45)42-32-18-7-5-16-30(32)41(31-17-6-8-19-33(31)42)35-21-12-24-39-43(35)37-25-27-13-3-4-14-28(27)26-40(37)46-39;1-45(2)38-20-10-9-14-30(38)31-23-22-29(25-39(31)45)42-32-15-5-7-17-34(32)43(35-18-8-6-16-33(35)42)36-19-11-21-40-44(36)37-24-27-12-3-4-13-28(27)26-41(37)46-40/h1-30H;2*3-26H,1-2H3/i1D,2D,3D,4D,5D,6D,7D,8D,9D,10D,11D,12D,13D,14D,15D,16D,17D,18D,19D,20D,21D,22D,23D,24D,25D,26D,27D,28D,29D,30D;1D3,2D3,3D,4D,5D,6D,7D,8D,9D,10D,11D,12D,13D,14D,15D,16D,17D,18D,19D,20D,21D,22D,23D,24D,25D,26D;1D3,3D,4D,5D,6D,7D,8D,9D,10D,11D,12D,13D,14D,15D,16D,17D,18D,19D,20D,21D,22D,23D,24D,25D,26D. The highest BCUT2D eigenvalue weighted by molar-refractivity contribution is 6.31. The number of fused-ring (bicyclic) bond motifs is 27. The van der Waals surface area contributed by atoms with E-state index in [1.54, 1.807) is 0 Å². The average Bonchev–Trinajstić information content (AvgIpc) is 1.48. The van der Waals surface area contributed by atoms with Crippen LogP contribution in [0.2, 0.25) is 0 Å². The van der Waals surface area contributed by atoms with Crippen LogP contribution < -0.4 is 0 Å². The third-order valence-electron chi connectivity index (χ3n) is 25.0. The van der Waals surface area contributed by atoms with Crippen molar-refractivity contribution in [2.75, 3.05) is 0 Å². The fraction of sp³-hybridized carbons (Fsp3) is 0.0429. The van der Waals surface area contributed by atoms with Gasteiger partial charge in [-0.1, -0.05) is 426 Å². The first-order chi connectivity index (χ1) is 107. The first kappa shape index (κ1) is 33.4. The van der Waals surface area contributed by atoms with E-state index in [0.717, 1.165) is 6.92 Å². The Hall–Kier alpha value is -18.0. The van der Waals surface area contributed by atoms with Crippen molar-refractivity contribution >= 4 is 184 Å². The van der Waals surface area contributed by atoms with Crippen LogP contribution >= 0.6 is 0 Å². The zero-order valence-corrected chi connectivity index (χ0v) is 71.7. The molecule has 3 heteroatoms. The number of hydrogen-bond donors (Lipinski definition) is 0. The van der Waals surface area contributed by atoms with Gasteiger partial charge in [0, 0.05) is 55.5 Å². The Morgan fingerprint density at radius 3 is 0.860 bits per heavy atom. The minimum atomic E-state index is -4.01. The number of benzene rings is 26. The topological polar surface area (TPSA) is 39.4 Å². The monoisotopic (exact) mass is 1910 g/mol. The van der Waals surface area contributed by atoms with Gasteiger partial charge in [0.1, 0.15) is 33.5 Å². The molecule has 29 aromatic rings. The fourth-order valence-electron chi connectivity index (χ4n) is 19.0. The molecule has 2 aliphatic carbocycles. The highest BCUT2D eigenvalue weighted by Gasteiger charge is 2.40. The van der Waals surface area contributed by atoms with Crippen LogP contribution in [0.25, 0.3) is 284 Å². The predicted molar refractivity (Wildman–Crippen MR) is 607 cm³/mol. The summed E-state index contributed by atoms with van der Waals surface area (Å²) in [6, 6.07) is -74.3. The molecule has 3 aromatic heterocycles. The van der Waals surface area contributed by atoms with Crippen molar-refractivity contribution in [1.82, 2.24) is 0 Å². The quantitative estimate of drug-likeness (QED) is 0.118. The Balaban J connectivity index is 0.000000145. The Morgan fingerprint density at radius 1 is 0.168 bits per heavy atom. The van der Waals surface area contributed by atoms with E-state index < -0.39 is 809 Å². The van der Waals surface area contributed by atoms with Gasteiger partial charge in [-0.2, -0.15) is 0 Å². The summed E-state index contributed by atoms with van der Waals surface area (Å²) in [5, 5.41) is -18.8. The van der Waals surface area contributed by atoms with E-state index in [-0.39, 0.29) is 0 Å². The first-order valence-corrected chi connectivity index (χ1v) is 42.7. The Kier molecular flexibility index (Phi) is 7.41. The lowest BCUT2D eigenvalue weighted by molar-refractivity contribution is 0.660. The second-order valence-corrected chi connectivity index (χ2v) is 32.7. The van der Waals surface area contributed by atoms with Crippen molar-refractivity contribution in [3.05, 3.63) is 494 Å². The van der Waals surface area contributed by atoms with Gasteiger partial charge in [-0.15, -0.1) is 0 Å². The smallest absolute Gasteiger partial charge is 0.136 e. The molecule has 0 radical (unpaired) electrons. The van der Waals surface area contributed by atoms with Crippen LogP contribution in [0.3, 0.4) is 0 Å². The van der Waals surface area contributed by atoms with Crippen LogP contribution in [0.4, 0.5) is 0 Å². The van der Waals surface area contributed by atoms with Crippen LogP contribution in [0.15, 0.2) is 485 Å². The van der Waals surface area contributed by atoms with Gasteiger partial charge in [-0.3, -0.25) is 0 Å². The molecule has 143 heavy (non-hydrogen) atoms. The minimum absolute atomic E-state index is 0.479. The van der Waals surface area contributed by atoms with Crippen LogP contribution in [-0.4, -0.2) is 0 Å². The van der Waals surface area contributed by atoms with Crippen molar-refractivity contribution in [2.45, 2.75) is 38.3 Å². The number of rotatable bonds is 7. The summed E-state index contributed by atoms with van der Waals surface area (Å²) in [5.74, 6) is 0. The SMILES string of the molecule is [2H]c1c([2H])c([2H])c(-c2c([2H])c([2H])c3c(c2[2H])c([2H])c([2H])c2c([2H])c(-c4c5c([2H])c([2H])c([2H])c([2H])c5c(-c5c([2H])c([2H])c([2H])c6oc7c([2H])c8c([2H])c([2H])c([2H])c([2H])c8c([2H])c7c56)c5c([2H])c([2H])c([2H])c([2H])c45)c([2H])c([2H])c23)c([2H])c1[2H].[2H]c1c([2H])c([2H])c2c(c1[2H])-c1c([2H])c([2H])c(-c3c4c([2H])c([2H])c([2H])c([2H])c4c(-c4c([2H])c([2H])c([2H])c5oc6c([2H])c7c([2H])c([2H])c([2H])c([2H])c7c([2H])c6c45)c4c([2H])c([2H])c([2H])c([2H])c34)c([2H])c1C2(C)C([2H])([2H])[2H].[2H]c1c([2H])c([2H])c2c(c1[2H])-c1c([2H])c([2H])c([2H])c(-c3c4c([2H])c([2H])c([2H])c([2H])c4c(-c4c([2H])c([2H])c([2H])c5oc6c([2H])c7c([2H])c([2H])c([2H])c([2H])c7c([2H])c6c45)c4c([2H])c([2H])c([2H])c([2H])c34)c1C2(C([2H])([2H])[2H])C([2H])([2H])[2H]. The molecule has 0 saturated carbocycles. The summed E-state index contributed by atoms with van der Waals surface area (Å²) in [6.45, 7) is -10.3. The molecule has 1 unspecified atom stereocenters. The van der Waals surface area contributed by atoms with E-state index in [0.29, 0.717) is 0 Å². The van der Waals surface area contributed by atoms with E-state index in [9.17, 15) is 46.6 Å². The highest BCUT2D eigenvalue weighted by Crippen LogP contribution is 2.59. The van der Waals surface area contributed by atoms with E-state index >= 15 is 0 Å². The normalized spacial score (nSPS) is 22.5. The Bertz CT molecular complexity index is 15800. The number of furan rings is 3. The fourth-order valence-corrected chi connectivity index (χ4v) is 19.0. The molecule has 0 N–H and O–H groups in total. The molecule has 0 fully saturated rings. The molecule has 0 amide bonds. The summed E-state index contributed by atoms with van der Waals surface area (Å²) in [4.78, 5) is 0. The number of hydrogen-bond acceptors (Lipinski definition) is 3. The zero-order chi connectivity index (χ0) is 170. The van der Waals surface area contributed by atoms with Gasteiger partial charge < -0.3 is 13.3 Å². The van der Waals surface area contributed by atoms with Gasteiger partial charge in [0.25, 0.3) is 0 Å². The van der Waals surface area contributed by atoms with Gasteiger partial charge in [0.05, 0.1) is 107 Å². The molecular weight excluding hydrogens is 1730 g/mol. The second-order valence-electron chi connectivity index (χ2n) is 32.7. The molecule has 31 rings (SSSR count). The molecule has 26 aromatic carbocycles. The molecule has 2 aliphatic rings. The summed E-state index contributed by atoms with van der Waals surface area (Å²) in [6.07, 6.45) is 0. The molecule has 1 atom stereocenters. The lowest BCUT2D eigenvalue weighted by atomic mass is 9.76. The van der Waals surface area contributed by atoms with Crippen molar-refractivity contribution < 1.29 is 133 Å². The van der Waals surface area contributed by atoms with Gasteiger partial charge >= 0.3 is 0 Å². The second kappa shape index (κ2) is 31.8. The van der Waals surface area contributed by atoms with Gasteiger partial charge in [-0.25, -0.2) is 0 Å². The Labute approximate surface area is 947 Å². The molecule has 3 heterocycles. The maximum Gasteiger partial charge on any atom is 0.136 e. The lowest BCUT2D eigenvalue weighted by Gasteiger charge is -2.26. The van der Waals surface area contributed by atoms with E-state index in [1.165, 1.54) is 0 Å². The van der Waals surface area contributed by atoms with Crippen molar-refractivity contribution in [1.29, 1.82) is 0 Å². The zero-order valence-electron chi connectivity index (χ0n) is 159. The molecule has 0 spiro atoms. The maximum atomic E-state index is 9.97. The van der Waals surface area contributed by atoms with E-state index in [2.05, 4.69) is 0 Å². The third-order valence-corrected chi connectivity index (χ3v) is 25.0. The molecule has 668 valence electrons. The predicted octanol–water partition coefficient (Wildman–Crippen LogP) is 39.7. The van der Waals surface area contributed by atoms with E-state index in [4.69, 9.17) is 85.9 Å². The van der Waals surface area contributed by atoms with Crippen LogP contribution in [-0.2, 0) is 10.8 Å². The maximum absolute atomic E-state index is 9.97. The van der Waals surface area contributed by atoms with Gasteiger partial charge in [0.15, 0.2) is 0 Å². The van der Waals surface area contributed by atoms with Crippen LogP contribution in [0, 0.1) is 0 Å². The third kappa shape index (κ3) is 12.6. The van der Waals surface area contributed by atoms with Crippen molar-refractivity contribution in [2.24, 2.45) is 0 Å². The highest BCUT2D eigenvalue weighted by atomic mass is 16.3. The van der Waals surface area contributed by atoms with Crippen molar-refractivity contribution in [3.63, 3.8) is 0 Å². The summed E-state index contributed by atoms with van der Waals surface area (Å²) in [7, 11) is 0. The Morgan fingerprint density at radius 2 is 0.455 bits per heavy atom. The molecule has 0 aliphatic heterocycles. The molecule has 0 bridgehead atoms. The van der Waals surface area contributed by atoms with Crippen molar-refractivity contribution in [3.8, 4) is 100 Å².